The van der Waals surface area contributed by atoms with Crippen LogP contribution in [0.1, 0.15) is 17.4 Å². The second-order valence-corrected chi connectivity index (χ2v) is 8.33. The van der Waals surface area contributed by atoms with Gasteiger partial charge in [-0.15, -0.1) is 11.3 Å². The van der Waals surface area contributed by atoms with Gasteiger partial charge in [0, 0.05) is 50.4 Å². The summed E-state index contributed by atoms with van der Waals surface area (Å²) in [5.41, 5.74) is 0.888. The topological polar surface area (TPSA) is 67.2 Å². The van der Waals surface area contributed by atoms with Crippen LogP contribution in [-0.2, 0) is 16.1 Å². The third kappa shape index (κ3) is 5.34. The number of nitrogens with zero attached hydrogens (tertiary/aromatic N) is 4. The SMILES string of the molecule is O=C([C@@H](OCC(F)(F)F)c1ccccc1)N1CCN(Cc2cc(=O)n3ccsc3n2)CC1. The number of fused-ring (bicyclic) bond motifs is 1. The van der Waals surface area contributed by atoms with Gasteiger partial charge in [-0.1, -0.05) is 30.3 Å². The fraction of sp³-hybridized carbons (Fsp3) is 0.381. The van der Waals surface area contributed by atoms with E-state index >= 15 is 0 Å². The molecule has 0 saturated carbocycles. The lowest BCUT2D eigenvalue weighted by Crippen LogP contribution is -2.50. The van der Waals surface area contributed by atoms with Crippen molar-refractivity contribution in [1.29, 1.82) is 0 Å². The first kappa shape index (κ1) is 22.4. The van der Waals surface area contributed by atoms with Gasteiger partial charge in [0.1, 0.15) is 6.61 Å². The van der Waals surface area contributed by atoms with Crippen LogP contribution in [0.3, 0.4) is 0 Å². The lowest BCUT2D eigenvalue weighted by Gasteiger charge is -2.36. The van der Waals surface area contributed by atoms with Crippen molar-refractivity contribution >= 4 is 22.2 Å². The second-order valence-electron chi connectivity index (χ2n) is 7.46. The van der Waals surface area contributed by atoms with Crippen LogP contribution >= 0.6 is 11.3 Å². The van der Waals surface area contributed by atoms with E-state index in [9.17, 15) is 22.8 Å². The molecule has 0 radical (unpaired) electrons. The Morgan fingerprint density at radius 1 is 1.16 bits per heavy atom. The molecule has 1 saturated heterocycles. The first-order valence-corrected chi connectivity index (χ1v) is 10.9. The van der Waals surface area contributed by atoms with Gasteiger partial charge in [0.05, 0.1) is 5.69 Å². The highest BCUT2D eigenvalue weighted by atomic mass is 32.1. The minimum Gasteiger partial charge on any atom is -0.354 e. The van der Waals surface area contributed by atoms with Crippen molar-refractivity contribution in [3.63, 3.8) is 0 Å². The van der Waals surface area contributed by atoms with E-state index in [1.54, 1.807) is 41.9 Å². The molecule has 1 atom stereocenters. The van der Waals surface area contributed by atoms with Crippen molar-refractivity contribution in [2.24, 2.45) is 0 Å². The van der Waals surface area contributed by atoms with Gasteiger partial charge in [-0.3, -0.25) is 18.9 Å². The van der Waals surface area contributed by atoms with Gasteiger partial charge >= 0.3 is 6.18 Å². The van der Waals surface area contributed by atoms with Crippen molar-refractivity contribution in [1.82, 2.24) is 19.2 Å². The molecule has 1 aromatic carbocycles. The van der Waals surface area contributed by atoms with Crippen LogP contribution in [0.5, 0.6) is 0 Å². The zero-order valence-corrected chi connectivity index (χ0v) is 17.8. The lowest BCUT2D eigenvalue weighted by atomic mass is 10.1. The fourth-order valence-corrected chi connectivity index (χ4v) is 4.34. The highest BCUT2D eigenvalue weighted by molar-refractivity contribution is 7.15. The second kappa shape index (κ2) is 9.39. The van der Waals surface area contributed by atoms with E-state index in [4.69, 9.17) is 4.74 Å². The van der Waals surface area contributed by atoms with E-state index in [0.29, 0.717) is 48.9 Å². The number of amides is 1. The largest absolute Gasteiger partial charge is 0.411 e. The van der Waals surface area contributed by atoms with E-state index in [1.807, 2.05) is 0 Å². The number of hydrogen-bond donors (Lipinski definition) is 0. The number of aromatic nitrogens is 2. The zero-order chi connectivity index (χ0) is 22.7. The Hall–Kier alpha value is -2.76. The molecule has 0 unspecified atom stereocenters. The highest BCUT2D eigenvalue weighted by Gasteiger charge is 2.34. The lowest BCUT2D eigenvalue weighted by molar-refractivity contribution is -0.191. The van der Waals surface area contributed by atoms with Crippen LogP contribution in [0, 0.1) is 0 Å². The Morgan fingerprint density at radius 3 is 2.56 bits per heavy atom. The van der Waals surface area contributed by atoms with Gasteiger partial charge in [-0.05, 0) is 5.56 Å². The molecule has 4 rings (SSSR count). The highest BCUT2D eigenvalue weighted by Crippen LogP contribution is 2.25. The predicted molar refractivity (Wildman–Crippen MR) is 112 cm³/mol. The van der Waals surface area contributed by atoms with Crippen molar-refractivity contribution < 1.29 is 22.7 Å². The van der Waals surface area contributed by atoms with E-state index < -0.39 is 24.8 Å². The average molecular weight is 466 g/mol. The Balaban J connectivity index is 1.40. The number of alkyl halides is 3. The maximum Gasteiger partial charge on any atom is 0.411 e. The molecule has 0 aliphatic carbocycles. The summed E-state index contributed by atoms with van der Waals surface area (Å²) in [6, 6.07) is 9.70. The van der Waals surface area contributed by atoms with Crippen molar-refractivity contribution in [3.8, 4) is 0 Å². The summed E-state index contributed by atoms with van der Waals surface area (Å²) in [6.07, 6.45) is -4.16. The van der Waals surface area contributed by atoms with Crippen LogP contribution in [0.2, 0.25) is 0 Å². The molecule has 170 valence electrons. The van der Waals surface area contributed by atoms with Crippen LogP contribution in [0.15, 0.2) is 52.8 Å². The summed E-state index contributed by atoms with van der Waals surface area (Å²) < 4.78 is 44.6. The quantitative estimate of drug-likeness (QED) is 0.559. The summed E-state index contributed by atoms with van der Waals surface area (Å²) in [5.74, 6) is -0.489. The summed E-state index contributed by atoms with van der Waals surface area (Å²) in [6.45, 7) is 0.675. The molecule has 7 nitrogen and oxygen atoms in total. The molecule has 2 aromatic heterocycles. The normalized spacial score (nSPS) is 16.4. The minimum atomic E-state index is -4.53. The first-order valence-electron chi connectivity index (χ1n) is 10.0. The van der Waals surface area contributed by atoms with Crippen molar-refractivity contribution in [2.45, 2.75) is 18.8 Å². The van der Waals surface area contributed by atoms with Gasteiger partial charge in [0.2, 0.25) is 0 Å². The van der Waals surface area contributed by atoms with Gasteiger partial charge in [-0.25, -0.2) is 4.98 Å². The van der Waals surface area contributed by atoms with Gasteiger partial charge in [0.15, 0.2) is 11.1 Å². The van der Waals surface area contributed by atoms with Crippen LogP contribution < -0.4 is 5.56 Å². The van der Waals surface area contributed by atoms with E-state index in [0.717, 1.165) is 0 Å². The molecule has 0 bridgehead atoms. The Bertz CT molecular complexity index is 1120. The third-order valence-electron chi connectivity index (χ3n) is 5.17. The van der Waals surface area contributed by atoms with Gasteiger partial charge < -0.3 is 9.64 Å². The molecule has 0 N–H and O–H groups in total. The fourth-order valence-electron chi connectivity index (χ4n) is 3.61. The smallest absolute Gasteiger partial charge is 0.354 e. The molecule has 3 heterocycles. The van der Waals surface area contributed by atoms with Crippen molar-refractivity contribution in [2.75, 3.05) is 32.8 Å². The number of rotatable bonds is 6. The summed E-state index contributed by atoms with van der Waals surface area (Å²) in [5, 5.41) is 1.79. The van der Waals surface area contributed by atoms with Gasteiger partial charge in [-0.2, -0.15) is 13.2 Å². The molecule has 11 heteroatoms. The molecular formula is C21H21F3N4O3S. The number of halogens is 3. The number of benzene rings is 1. The van der Waals surface area contributed by atoms with Crippen molar-refractivity contribution in [3.05, 3.63) is 69.6 Å². The monoisotopic (exact) mass is 466 g/mol. The molecule has 1 amide bonds. The van der Waals surface area contributed by atoms with E-state index in [1.165, 1.54) is 26.7 Å². The maximum atomic E-state index is 13.0. The number of hydrogen-bond acceptors (Lipinski definition) is 6. The number of piperazine rings is 1. The molecule has 1 aliphatic heterocycles. The predicted octanol–water partition coefficient (Wildman–Crippen LogP) is 2.72. The number of ether oxygens (including phenoxy) is 1. The Morgan fingerprint density at radius 2 is 1.88 bits per heavy atom. The average Bonchev–Trinajstić information content (AvgIpc) is 3.23. The molecule has 3 aromatic rings. The van der Waals surface area contributed by atoms with Crippen LogP contribution in [0.25, 0.3) is 4.96 Å². The first-order chi connectivity index (χ1) is 15.3. The molecule has 32 heavy (non-hydrogen) atoms. The summed E-state index contributed by atoms with van der Waals surface area (Å²) >= 11 is 1.38. The number of carbonyl (C=O) groups excluding carboxylic acids is 1. The van der Waals surface area contributed by atoms with Crippen LogP contribution in [-0.4, -0.2) is 64.1 Å². The minimum absolute atomic E-state index is 0.146. The number of thiazole rings is 1. The molecule has 0 spiro atoms. The molecular weight excluding hydrogens is 445 g/mol. The molecule has 1 aliphatic rings. The van der Waals surface area contributed by atoms with Crippen LogP contribution in [0.4, 0.5) is 13.2 Å². The number of carbonyl (C=O) groups is 1. The third-order valence-corrected chi connectivity index (χ3v) is 5.92. The Labute approximate surface area is 185 Å². The molecule has 1 fully saturated rings. The van der Waals surface area contributed by atoms with E-state index in [2.05, 4.69) is 9.88 Å². The zero-order valence-electron chi connectivity index (χ0n) is 17.0. The van der Waals surface area contributed by atoms with Gasteiger partial charge in [0.25, 0.3) is 11.5 Å². The standard InChI is InChI=1S/C21H21F3N4O3S/c22-21(23,24)14-31-18(15-4-2-1-3-5-15)19(30)27-8-6-26(7-9-27)13-16-12-17(29)28-10-11-32-20(28)25-16/h1-5,10-12,18H,6-9,13-14H2/t18-/m0/s1. The summed E-state index contributed by atoms with van der Waals surface area (Å²) in [4.78, 5) is 33.8. The Kier molecular flexibility index (Phi) is 6.58. The van der Waals surface area contributed by atoms with E-state index in [-0.39, 0.29) is 5.56 Å². The maximum absolute atomic E-state index is 13.0. The summed E-state index contributed by atoms with van der Waals surface area (Å²) in [7, 11) is 0.